The van der Waals surface area contributed by atoms with E-state index in [-0.39, 0.29) is 5.56 Å². The van der Waals surface area contributed by atoms with Gasteiger partial charge in [-0.15, -0.1) is 6.42 Å². The van der Waals surface area contributed by atoms with Gasteiger partial charge in [0.15, 0.2) is 0 Å². The van der Waals surface area contributed by atoms with Crippen LogP contribution in [0.15, 0.2) is 100 Å². The van der Waals surface area contributed by atoms with Crippen LogP contribution in [0.2, 0.25) is 5.02 Å². The number of halogens is 1. The number of fused-ring (bicyclic) bond motifs is 1. The molecule has 5 rings (SSSR count). The number of pyridine rings is 2. The number of imidazole rings is 1. The summed E-state index contributed by atoms with van der Waals surface area (Å²) in [5, 5.41) is 2.48. The van der Waals surface area contributed by atoms with Crippen LogP contribution in [0.1, 0.15) is 5.56 Å². The molecule has 0 N–H and O–H groups in total. The van der Waals surface area contributed by atoms with Gasteiger partial charge in [0.05, 0.1) is 18.0 Å². The molecule has 0 radical (unpaired) electrons. The molecule has 0 amide bonds. The van der Waals surface area contributed by atoms with Crippen LogP contribution in [0, 0.1) is 12.3 Å². The summed E-state index contributed by atoms with van der Waals surface area (Å²) >= 11 is 7.51. The van der Waals surface area contributed by atoms with Gasteiger partial charge < -0.3 is 9.13 Å². The van der Waals surface area contributed by atoms with Crippen molar-refractivity contribution in [2.24, 2.45) is 14.1 Å². The van der Waals surface area contributed by atoms with Gasteiger partial charge in [0.1, 0.15) is 5.03 Å². The summed E-state index contributed by atoms with van der Waals surface area (Å²) < 4.78 is 3.49. The van der Waals surface area contributed by atoms with Crippen LogP contribution in [-0.4, -0.2) is 19.1 Å². The largest absolute Gasteiger partial charge is 0.341 e. The minimum absolute atomic E-state index is 0.0893. The Morgan fingerprint density at radius 1 is 1.06 bits per heavy atom. The van der Waals surface area contributed by atoms with E-state index in [1.54, 1.807) is 48.2 Å². The second-order valence-electron chi connectivity index (χ2n) is 7.50. The van der Waals surface area contributed by atoms with Gasteiger partial charge in [0.25, 0.3) is 5.56 Å². The first kappa shape index (κ1) is 23.4. The normalized spacial score (nSPS) is 10.4. The number of hydrogen-bond donors (Lipinski definition) is 0. The Bertz CT molecular complexity index is 1530. The lowest BCUT2D eigenvalue weighted by molar-refractivity contribution is 0.899. The van der Waals surface area contributed by atoms with Crippen LogP contribution < -0.4 is 5.56 Å². The number of hydrogen-bond acceptors (Lipinski definition) is 4. The molecule has 0 aliphatic rings. The molecule has 5 nitrogen and oxygen atoms in total. The molecule has 0 saturated heterocycles. The maximum absolute atomic E-state index is 12.5. The molecule has 0 atom stereocenters. The number of aromatic nitrogens is 4. The number of terminal acetylenes is 1. The van der Waals surface area contributed by atoms with Crippen molar-refractivity contribution < 1.29 is 0 Å². The van der Waals surface area contributed by atoms with Crippen LogP contribution in [0.3, 0.4) is 0 Å². The van der Waals surface area contributed by atoms with Gasteiger partial charge >= 0.3 is 0 Å². The van der Waals surface area contributed by atoms with Crippen molar-refractivity contribution in [3.63, 3.8) is 0 Å². The topological polar surface area (TPSA) is 52.7 Å². The maximum Gasteiger partial charge on any atom is 0.251 e. The first-order chi connectivity index (χ1) is 16.4. The smallest absolute Gasteiger partial charge is 0.251 e. The van der Waals surface area contributed by atoms with E-state index in [2.05, 4.69) is 15.9 Å². The SMILES string of the molecule is C#Cc1cccc(-c2cc(=O)n(C)c3cnc(Sc4ccc(Cl)cc4)cc23)c1.Cn1ccnc1. The van der Waals surface area contributed by atoms with Crippen molar-refractivity contribution in [3.05, 3.63) is 107 Å². The summed E-state index contributed by atoms with van der Waals surface area (Å²) in [5.41, 5.74) is 3.21. The summed E-state index contributed by atoms with van der Waals surface area (Å²) in [5.74, 6) is 2.65. The highest BCUT2D eigenvalue weighted by Gasteiger charge is 2.11. The highest BCUT2D eigenvalue weighted by Crippen LogP contribution is 2.33. The minimum Gasteiger partial charge on any atom is -0.341 e. The fraction of sp³-hybridized carbons (Fsp3) is 0.0741. The van der Waals surface area contributed by atoms with Crippen molar-refractivity contribution in [1.82, 2.24) is 19.1 Å². The fourth-order valence-electron chi connectivity index (χ4n) is 3.35. The van der Waals surface area contributed by atoms with Crippen LogP contribution >= 0.6 is 23.4 Å². The Kier molecular flexibility index (Phi) is 7.17. The average molecular weight is 485 g/mol. The second-order valence-corrected chi connectivity index (χ2v) is 9.03. The molecule has 0 aliphatic carbocycles. The van der Waals surface area contributed by atoms with Crippen LogP contribution in [0.5, 0.6) is 0 Å². The second kappa shape index (κ2) is 10.4. The summed E-state index contributed by atoms with van der Waals surface area (Å²) in [7, 11) is 3.69. The molecule has 5 aromatic rings. The average Bonchev–Trinajstić information content (AvgIpc) is 3.34. The Hall–Kier alpha value is -3.79. The number of rotatable bonds is 3. The summed E-state index contributed by atoms with van der Waals surface area (Å²) in [4.78, 5) is 21.8. The number of nitrogens with zero attached hydrogens (tertiary/aromatic N) is 4. The van der Waals surface area contributed by atoms with E-state index in [1.165, 1.54) is 0 Å². The highest BCUT2D eigenvalue weighted by molar-refractivity contribution is 7.99. The van der Waals surface area contributed by atoms with E-state index in [0.29, 0.717) is 5.02 Å². The van der Waals surface area contributed by atoms with Crippen molar-refractivity contribution in [2.75, 3.05) is 0 Å². The summed E-state index contributed by atoms with van der Waals surface area (Å²) in [6, 6.07) is 18.9. The molecule has 0 aliphatic heterocycles. The first-order valence-electron chi connectivity index (χ1n) is 10.4. The molecule has 0 fully saturated rings. The van der Waals surface area contributed by atoms with Crippen LogP contribution in [0.4, 0.5) is 0 Å². The molecule has 168 valence electrons. The van der Waals surface area contributed by atoms with Crippen molar-refractivity contribution in [1.29, 1.82) is 0 Å². The van der Waals surface area contributed by atoms with Crippen molar-refractivity contribution in [3.8, 4) is 23.5 Å². The lowest BCUT2D eigenvalue weighted by Crippen LogP contribution is -2.16. The third kappa shape index (κ3) is 5.40. The predicted molar refractivity (Wildman–Crippen MR) is 139 cm³/mol. The minimum atomic E-state index is -0.0893. The van der Waals surface area contributed by atoms with Gasteiger partial charge in [-0.2, -0.15) is 0 Å². The zero-order chi connectivity index (χ0) is 24.1. The van der Waals surface area contributed by atoms with E-state index >= 15 is 0 Å². The van der Waals surface area contributed by atoms with Gasteiger partial charge in [-0.25, -0.2) is 9.97 Å². The van der Waals surface area contributed by atoms with Gasteiger partial charge in [0.2, 0.25) is 0 Å². The third-order valence-corrected chi connectivity index (χ3v) is 6.31. The Balaban J connectivity index is 0.000000398. The lowest BCUT2D eigenvalue weighted by Gasteiger charge is -2.12. The van der Waals surface area contributed by atoms with E-state index in [0.717, 1.165) is 37.5 Å². The molecule has 3 heterocycles. The van der Waals surface area contributed by atoms with Gasteiger partial charge in [-0.1, -0.05) is 41.4 Å². The molecule has 7 heteroatoms. The van der Waals surface area contributed by atoms with Crippen molar-refractivity contribution in [2.45, 2.75) is 9.92 Å². The van der Waals surface area contributed by atoms with Gasteiger partial charge in [0, 0.05) is 53.4 Å². The molecule has 0 unspecified atom stereocenters. The molecule has 0 spiro atoms. The first-order valence-corrected chi connectivity index (χ1v) is 11.6. The monoisotopic (exact) mass is 484 g/mol. The lowest BCUT2D eigenvalue weighted by atomic mass is 10.0. The Morgan fingerprint density at radius 3 is 2.50 bits per heavy atom. The maximum atomic E-state index is 12.5. The molecular formula is C27H21ClN4OS. The Morgan fingerprint density at radius 2 is 1.85 bits per heavy atom. The zero-order valence-electron chi connectivity index (χ0n) is 18.6. The van der Waals surface area contributed by atoms with Crippen LogP contribution in [0.25, 0.3) is 22.0 Å². The van der Waals surface area contributed by atoms with Gasteiger partial charge in [-0.05, 0) is 53.6 Å². The van der Waals surface area contributed by atoms with E-state index in [9.17, 15) is 4.79 Å². The molecule has 0 bridgehead atoms. The molecule has 34 heavy (non-hydrogen) atoms. The third-order valence-electron chi connectivity index (χ3n) is 5.12. The number of benzene rings is 2. The Labute approximate surface area is 207 Å². The quantitative estimate of drug-likeness (QED) is 0.303. The van der Waals surface area contributed by atoms with Crippen LogP contribution in [-0.2, 0) is 14.1 Å². The fourth-order valence-corrected chi connectivity index (χ4v) is 4.27. The molecule has 2 aromatic carbocycles. The van der Waals surface area contributed by atoms with E-state index in [1.807, 2.05) is 72.4 Å². The zero-order valence-corrected chi connectivity index (χ0v) is 20.2. The standard InChI is InChI=1S/C23H15ClN2OS.C4H6N2/c1-3-15-5-4-6-16(11-15)19-13-23(27)26(2)21-14-25-22(12-20(19)21)28-18-9-7-17(24)8-10-18;1-6-3-2-5-4-6/h1,4-14H,2H3;2-4H,1H3. The molecular weight excluding hydrogens is 464 g/mol. The predicted octanol–water partition coefficient (Wildman–Crippen LogP) is 5.81. The molecule has 3 aromatic heterocycles. The van der Waals surface area contributed by atoms with E-state index in [4.69, 9.17) is 18.0 Å². The highest BCUT2D eigenvalue weighted by atomic mass is 35.5. The molecule has 0 saturated carbocycles. The van der Waals surface area contributed by atoms with E-state index < -0.39 is 0 Å². The van der Waals surface area contributed by atoms with Gasteiger partial charge in [-0.3, -0.25) is 4.79 Å². The number of aryl methyl sites for hydroxylation is 2. The summed E-state index contributed by atoms with van der Waals surface area (Å²) in [6.07, 6.45) is 12.7. The summed E-state index contributed by atoms with van der Waals surface area (Å²) in [6.45, 7) is 0. The van der Waals surface area contributed by atoms with Crippen molar-refractivity contribution >= 4 is 34.3 Å².